The number of nitrogens with one attached hydrogen (secondary N) is 2. The van der Waals surface area contributed by atoms with E-state index in [2.05, 4.69) is 14.5 Å². The Morgan fingerprint density at radius 2 is 1.96 bits per heavy atom. The third-order valence-electron chi connectivity index (χ3n) is 2.32. The van der Waals surface area contributed by atoms with Crippen molar-refractivity contribution in [1.82, 2.24) is 10.6 Å². The fourth-order valence-corrected chi connectivity index (χ4v) is 1.75. The average molecular weight is 347 g/mol. The van der Waals surface area contributed by atoms with Crippen LogP contribution in [0.3, 0.4) is 0 Å². The van der Waals surface area contributed by atoms with Crippen LogP contribution in [-0.2, 0) is 19.6 Å². The van der Waals surface area contributed by atoms with E-state index in [1.165, 1.54) is 0 Å². The van der Waals surface area contributed by atoms with Crippen LogP contribution in [0.15, 0.2) is 21.6 Å². The summed E-state index contributed by atoms with van der Waals surface area (Å²) in [7, 11) is -4.08. The molecule has 1 rings (SSSR count). The van der Waals surface area contributed by atoms with Gasteiger partial charge in [0.2, 0.25) is 10.9 Å². The number of carbonyl (C=O) groups excluding carboxylic acids is 3. The van der Waals surface area contributed by atoms with Gasteiger partial charge in [-0.2, -0.15) is 0 Å². The van der Waals surface area contributed by atoms with Crippen molar-refractivity contribution in [3.8, 4) is 0 Å². The Labute approximate surface area is 132 Å². The lowest BCUT2D eigenvalue weighted by Gasteiger charge is -2.08. The quantitative estimate of drug-likeness (QED) is 0.589. The summed E-state index contributed by atoms with van der Waals surface area (Å²) in [6.45, 7) is 3.40. The second-order valence-electron chi connectivity index (χ2n) is 4.89. The molecule has 0 saturated heterocycles. The normalized spacial score (nSPS) is 11.1. The number of hydrogen-bond acceptors (Lipinski definition) is 7. The van der Waals surface area contributed by atoms with Gasteiger partial charge in [0.1, 0.15) is 0 Å². The maximum Gasteiger partial charge on any atom is 0.374 e. The lowest BCUT2D eigenvalue weighted by atomic mass is 10.2. The van der Waals surface area contributed by atoms with Crippen LogP contribution in [0.1, 0.15) is 24.4 Å². The highest BCUT2D eigenvalue weighted by Crippen LogP contribution is 2.12. The van der Waals surface area contributed by atoms with Gasteiger partial charge in [0.05, 0.1) is 0 Å². The minimum atomic E-state index is -4.08. The number of esters is 1. The van der Waals surface area contributed by atoms with Crippen molar-refractivity contribution in [2.24, 2.45) is 11.1 Å². The Balaban J connectivity index is 2.45. The van der Waals surface area contributed by atoms with Gasteiger partial charge in [-0.15, -0.1) is 0 Å². The number of hydrogen-bond donors (Lipinski definition) is 3. The summed E-state index contributed by atoms with van der Waals surface area (Å²) in [5.41, 5.74) is 0. The molecule has 0 unspecified atom stereocenters. The topological polar surface area (TPSA) is 158 Å². The fraction of sp³-hybridized carbons (Fsp3) is 0.417. The molecule has 0 aliphatic carbocycles. The molecule has 0 saturated carbocycles. The van der Waals surface area contributed by atoms with Crippen molar-refractivity contribution >= 4 is 27.9 Å². The Bertz CT molecular complexity index is 693. The predicted octanol–water partition coefficient (Wildman–Crippen LogP) is -0.434. The molecule has 3 amide bonds. The summed E-state index contributed by atoms with van der Waals surface area (Å²) >= 11 is 0. The number of urea groups is 1. The highest BCUT2D eigenvalue weighted by molar-refractivity contribution is 7.89. The first-order chi connectivity index (χ1) is 10.6. The van der Waals surface area contributed by atoms with Crippen molar-refractivity contribution in [1.29, 1.82) is 0 Å². The summed E-state index contributed by atoms with van der Waals surface area (Å²) in [6, 6.07) is 1.30. The maximum atomic E-state index is 11.6. The fourth-order valence-electron chi connectivity index (χ4n) is 1.29. The number of amides is 3. The molecule has 0 bridgehead atoms. The van der Waals surface area contributed by atoms with Gasteiger partial charge in [0.25, 0.3) is 15.9 Å². The lowest BCUT2D eigenvalue weighted by molar-refractivity contribution is -0.123. The van der Waals surface area contributed by atoms with Crippen LogP contribution in [0.2, 0.25) is 0 Å². The molecule has 0 aliphatic heterocycles. The Morgan fingerprint density at radius 3 is 2.48 bits per heavy atom. The summed E-state index contributed by atoms with van der Waals surface area (Å²) < 4.78 is 31.2. The van der Waals surface area contributed by atoms with E-state index in [0.29, 0.717) is 6.54 Å². The molecule has 1 aromatic rings. The standard InChI is InChI=1S/C12H17N3O7S/c1-7(2)5-14-12(18)15-9(16)6-21-11(17)8-3-4-10(22-8)23(13,19)20/h3-4,7H,5-6H2,1-2H3,(H2,13,19,20)(H2,14,15,16,18). The number of primary sulfonamides is 1. The summed E-state index contributed by atoms with van der Waals surface area (Å²) in [4.78, 5) is 34.3. The van der Waals surface area contributed by atoms with Gasteiger partial charge in [-0.3, -0.25) is 10.1 Å². The third kappa shape index (κ3) is 6.48. The summed E-state index contributed by atoms with van der Waals surface area (Å²) in [5, 5.41) is 8.61. The van der Waals surface area contributed by atoms with E-state index in [4.69, 9.17) is 5.14 Å². The van der Waals surface area contributed by atoms with E-state index in [0.717, 1.165) is 12.1 Å². The summed E-state index contributed by atoms with van der Waals surface area (Å²) in [6.07, 6.45) is 0. The van der Waals surface area contributed by atoms with E-state index < -0.39 is 45.4 Å². The van der Waals surface area contributed by atoms with Crippen LogP contribution in [0.4, 0.5) is 4.79 Å². The van der Waals surface area contributed by atoms with E-state index in [1.807, 2.05) is 19.2 Å². The first kappa shape index (κ1) is 18.6. The summed E-state index contributed by atoms with van der Waals surface area (Å²) in [5.74, 6) is -2.15. The van der Waals surface area contributed by atoms with E-state index >= 15 is 0 Å². The number of rotatable bonds is 6. The molecule has 0 fully saturated rings. The lowest BCUT2D eigenvalue weighted by Crippen LogP contribution is -2.42. The van der Waals surface area contributed by atoms with Crippen molar-refractivity contribution < 1.29 is 32.0 Å². The van der Waals surface area contributed by atoms with Crippen LogP contribution >= 0.6 is 0 Å². The highest BCUT2D eigenvalue weighted by Gasteiger charge is 2.19. The first-order valence-electron chi connectivity index (χ1n) is 6.47. The second kappa shape index (κ2) is 7.74. The van der Waals surface area contributed by atoms with Gasteiger partial charge < -0.3 is 14.5 Å². The molecule has 0 radical (unpaired) electrons. The van der Waals surface area contributed by atoms with E-state index in [1.54, 1.807) is 0 Å². The van der Waals surface area contributed by atoms with Crippen LogP contribution in [0.25, 0.3) is 0 Å². The smallest absolute Gasteiger partial charge is 0.374 e. The zero-order valence-corrected chi connectivity index (χ0v) is 13.3. The van der Waals surface area contributed by atoms with Crippen LogP contribution < -0.4 is 15.8 Å². The molecule has 0 aliphatic rings. The molecule has 10 nitrogen and oxygen atoms in total. The van der Waals surface area contributed by atoms with Crippen LogP contribution in [0, 0.1) is 5.92 Å². The minimum absolute atomic E-state index is 0.209. The average Bonchev–Trinajstić information content (AvgIpc) is 2.92. The van der Waals surface area contributed by atoms with E-state index in [-0.39, 0.29) is 5.92 Å². The van der Waals surface area contributed by atoms with Gasteiger partial charge in [-0.1, -0.05) is 13.8 Å². The van der Waals surface area contributed by atoms with Crippen molar-refractivity contribution in [3.05, 3.63) is 17.9 Å². The van der Waals surface area contributed by atoms with Gasteiger partial charge in [-0.05, 0) is 18.1 Å². The predicted molar refractivity (Wildman–Crippen MR) is 76.7 cm³/mol. The Kier molecular flexibility index (Phi) is 6.28. The van der Waals surface area contributed by atoms with Crippen LogP contribution in [0.5, 0.6) is 0 Å². The van der Waals surface area contributed by atoms with E-state index in [9.17, 15) is 22.8 Å². The van der Waals surface area contributed by atoms with Gasteiger partial charge in [0.15, 0.2) is 6.61 Å². The molecule has 0 aromatic carbocycles. The largest absolute Gasteiger partial charge is 0.450 e. The second-order valence-corrected chi connectivity index (χ2v) is 6.38. The van der Waals surface area contributed by atoms with Crippen molar-refractivity contribution in [2.75, 3.05) is 13.2 Å². The third-order valence-corrected chi connectivity index (χ3v) is 3.10. The first-order valence-corrected chi connectivity index (χ1v) is 8.01. The number of sulfonamides is 1. The number of furan rings is 1. The minimum Gasteiger partial charge on any atom is -0.450 e. The Hall–Kier alpha value is -2.40. The molecule has 128 valence electrons. The molecule has 0 atom stereocenters. The molecular weight excluding hydrogens is 330 g/mol. The molecule has 4 N–H and O–H groups in total. The van der Waals surface area contributed by atoms with Gasteiger partial charge >= 0.3 is 12.0 Å². The molecule has 23 heavy (non-hydrogen) atoms. The number of imide groups is 1. The van der Waals surface area contributed by atoms with Crippen molar-refractivity contribution in [2.45, 2.75) is 18.9 Å². The van der Waals surface area contributed by atoms with Crippen molar-refractivity contribution in [3.63, 3.8) is 0 Å². The molecule has 11 heteroatoms. The number of ether oxygens (including phenoxy) is 1. The molecule has 0 spiro atoms. The van der Waals surface area contributed by atoms with Gasteiger partial charge in [-0.25, -0.2) is 23.1 Å². The SMILES string of the molecule is CC(C)CNC(=O)NC(=O)COC(=O)c1ccc(S(N)(=O)=O)o1. The highest BCUT2D eigenvalue weighted by atomic mass is 32.2. The number of carbonyl (C=O) groups is 3. The number of nitrogens with two attached hydrogens (primary N) is 1. The molecular formula is C12H17N3O7S. The molecule has 1 aromatic heterocycles. The zero-order valence-electron chi connectivity index (χ0n) is 12.5. The van der Waals surface area contributed by atoms with Crippen LogP contribution in [-0.4, -0.2) is 39.5 Å². The zero-order chi connectivity index (χ0) is 17.6. The van der Waals surface area contributed by atoms with Gasteiger partial charge in [0, 0.05) is 6.54 Å². The Morgan fingerprint density at radius 1 is 1.30 bits per heavy atom. The monoisotopic (exact) mass is 347 g/mol. The molecule has 1 heterocycles. The maximum absolute atomic E-state index is 11.6.